The van der Waals surface area contributed by atoms with Crippen molar-refractivity contribution < 1.29 is 14.3 Å². The van der Waals surface area contributed by atoms with Gasteiger partial charge in [0.05, 0.1) is 27.4 Å². The van der Waals surface area contributed by atoms with Crippen LogP contribution in [0.1, 0.15) is 41.6 Å². The first-order chi connectivity index (χ1) is 19.5. The van der Waals surface area contributed by atoms with E-state index in [2.05, 4.69) is 45.1 Å². The van der Waals surface area contributed by atoms with E-state index in [0.29, 0.717) is 34.4 Å². The molecule has 0 aliphatic carbocycles. The van der Waals surface area contributed by atoms with Crippen LogP contribution in [0.4, 0.5) is 21.9 Å². The maximum Gasteiger partial charge on any atom is 0.323 e. The number of hydrogen-bond acceptors (Lipinski definition) is 4. The topological polar surface area (TPSA) is 82.7 Å². The van der Waals surface area contributed by atoms with Gasteiger partial charge in [-0.3, -0.25) is 4.79 Å². The third-order valence-electron chi connectivity index (χ3n) is 7.54. The van der Waals surface area contributed by atoms with Crippen molar-refractivity contribution >= 4 is 52.2 Å². The molecule has 2 heterocycles. The van der Waals surface area contributed by atoms with Crippen molar-refractivity contribution in [2.45, 2.75) is 38.2 Å². The average Bonchev–Trinajstić information content (AvgIpc) is 3.49. The van der Waals surface area contributed by atoms with Crippen molar-refractivity contribution in [3.05, 3.63) is 87.9 Å². The summed E-state index contributed by atoms with van der Waals surface area (Å²) in [4.78, 5) is 28.5. The summed E-state index contributed by atoms with van der Waals surface area (Å²) in [6, 6.07) is 20.6. The van der Waals surface area contributed by atoms with E-state index in [9.17, 15) is 9.59 Å². The fourth-order valence-corrected chi connectivity index (χ4v) is 5.74. The van der Waals surface area contributed by atoms with E-state index in [1.54, 1.807) is 24.3 Å². The minimum Gasteiger partial charge on any atom is -0.376 e. The number of nitrogens with one attached hydrogen (secondary N) is 3. The highest BCUT2D eigenvalue weighted by Gasteiger charge is 2.25. The van der Waals surface area contributed by atoms with Crippen LogP contribution in [0.5, 0.6) is 0 Å². The fourth-order valence-electron chi connectivity index (χ4n) is 5.39. The van der Waals surface area contributed by atoms with Crippen LogP contribution < -0.4 is 20.9 Å². The number of anilines is 3. The van der Waals surface area contributed by atoms with Gasteiger partial charge in [0.15, 0.2) is 0 Å². The van der Waals surface area contributed by atoms with Gasteiger partial charge in [0.25, 0.3) is 5.91 Å². The molecule has 0 radical (unpaired) electrons. The molecule has 3 amide bonds. The molecule has 3 aromatic carbocycles. The van der Waals surface area contributed by atoms with Crippen molar-refractivity contribution in [1.82, 2.24) is 5.32 Å². The number of urea groups is 1. The van der Waals surface area contributed by atoms with Gasteiger partial charge in [-0.2, -0.15) is 0 Å². The number of carbonyl (C=O) groups is 2. The lowest BCUT2D eigenvalue weighted by Crippen LogP contribution is -2.37. The van der Waals surface area contributed by atoms with Gasteiger partial charge in [0.1, 0.15) is 0 Å². The number of hydrogen-bond donors (Lipinski definition) is 3. The molecule has 9 heteroatoms. The highest BCUT2D eigenvalue weighted by Crippen LogP contribution is 2.32. The van der Waals surface area contributed by atoms with Crippen molar-refractivity contribution in [3.63, 3.8) is 0 Å². The molecule has 40 heavy (non-hydrogen) atoms. The fraction of sp³-hybridized carbons (Fsp3) is 0.355. The Kier molecular flexibility index (Phi) is 9.47. The molecule has 0 bridgehead atoms. The van der Waals surface area contributed by atoms with Gasteiger partial charge in [0.2, 0.25) is 0 Å². The Balaban J connectivity index is 1.29. The van der Waals surface area contributed by atoms with Crippen molar-refractivity contribution in [1.29, 1.82) is 0 Å². The van der Waals surface area contributed by atoms with Gasteiger partial charge < -0.3 is 25.6 Å². The molecule has 3 N–H and O–H groups in total. The monoisotopic (exact) mass is 580 g/mol. The Morgan fingerprint density at radius 2 is 1.73 bits per heavy atom. The van der Waals surface area contributed by atoms with Gasteiger partial charge in [-0.15, -0.1) is 0 Å². The maximum absolute atomic E-state index is 13.4. The second-order valence-corrected chi connectivity index (χ2v) is 11.2. The highest BCUT2D eigenvalue weighted by molar-refractivity contribution is 6.44. The maximum atomic E-state index is 13.4. The Morgan fingerprint density at radius 3 is 2.48 bits per heavy atom. The minimum atomic E-state index is -0.482. The summed E-state index contributed by atoms with van der Waals surface area (Å²) in [7, 11) is 0. The molecule has 7 nitrogen and oxygen atoms in total. The van der Waals surface area contributed by atoms with Crippen molar-refractivity contribution in [3.8, 4) is 0 Å². The number of halogens is 2. The molecule has 3 aromatic rings. The van der Waals surface area contributed by atoms with Crippen molar-refractivity contribution in [2.75, 3.05) is 41.8 Å². The molecule has 210 valence electrons. The third-order valence-corrected chi connectivity index (χ3v) is 8.35. The van der Waals surface area contributed by atoms with Crippen LogP contribution in [0.3, 0.4) is 0 Å². The van der Waals surface area contributed by atoms with Gasteiger partial charge in [0, 0.05) is 37.6 Å². The third kappa shape index (κ3) is 7.27. The summed E-state index contributed by atoms with van der Waals surface area (Å²) in [5.74, 6) is 0.428. The zero-order valence-electron chi connectivity index (χ0n) is 22.3. The van der Waals surface area contributed by atoms with E-state index >= 15 is 0 Å². The molecule has 0 saturated carbocycles. The Bertz CT molecular complexity index is 1320. The smallest absolute Gasteiger partial charge is 0.323 e. The van der Waals surface area contributed by atoms with Crippen LogP contribution in [-0.2, 0) is 11.2 Å². The van der Waals surface area contributed by atoms with E-state index in [4.69, 9.17) is 27.9 Å². The minimum absolute atomic E-state index is 0.0376. The van der Waals surface area contributed by atoms with E-state index in [1.807, 2.05) is 18.2 Å². The highest BCUT2D eigenvalue weighted by atomic mass is 35.5. The Labute approximate surface area is 245 Å². The van der Waals surface area contributed by atoms with Gasteiger partial charge in [-0.05, 0) is 73.9 Å². The SMILES string of the molecule is O=C(Nc1ccc(N2CCC(Cc3ccccc3)CC2)c(C(=O)NC[C@H]2CCCO2)c1)Nc1cccc(Cl)c1Cl. The number of benzene rings is 3. The summed E-state index contributed by atoms with van der Waals surface area (Å²) in [6.07, 6.45) is 5.15. The summed E-state index contributed by atoms with van der Waals surface area (Å²) < 4.78 is 5.69. The zero-order valence-corrected chi connectivity index (χ0v) is 23.8. The van der Waals surface area contributed by atoms with Gasteiger partial charge >= 0.3 is 6.03 Å². The molecule has 2 saturated heterocycles. The van der Waals surface area contributed by atoms with Crippen LogP contribution in [0.15, 0.2) is 66.7 Å². The number of rotatable bonds is 8. The summed E-state index contributed by atoms with van der Waals surface area (Å²) >= 11 is 12.3. The largest absolute Gasteiger partial charge is 0.376 e. The van der Waals surface area contributed by atoms with E-state index in [1.165, 1.54) is 5.56 Å². The van der Waals surface area contributed by atoms with Crippen LogP contribution in [-0.4, -0.2) is 44.3 Å². The molecule has 1 atom stereocenters. The van der Waals surface area contributed by atoms with Crippen LogP contribution in [0.25, 0.3) is 0 Å². The second-order valence-electron chi connectivity index (χ2n) is 10.4. The first-order valence-electron chi connectivity index (χ1n) is 13.8. The van der Waals surface area contributed by atoms with Gasteiger partial charge in [-0.1, -0.05) is 59.6 Å². The summed E-state index contributed by atoms with van der Waals surface area (Å²) in [5.41, 5.74) is 3.66. The number of nitrogens with zero attached hydrogens (tertiary/aromatic N) is 1. The molecule has 2 fully saturated rings. The van der Waals surface area contributed by atoms with E-state index in [0.717, 1.165) is 57.5 Å². The zero-order chi connectivity index (χ0) is 27.9. The molecular weight excluding hydrogens is 547 g/mol. The quantitative estimate of drug-likeness (QED) is 0.268. The molecule has 0 unspecified atom stereocenters. The lowest BCUT2D eigenvalue weighted by atomic mass is 9.89. The lowest BCUT2D eigenvalue weighted by molar-refractivity contribution is 0.0858. The van der Waals surface area contributed by atoms with Crippen molar-refractivity contribution in [2.24, 2.45) is 5.92 Å². The average molecular weight is 582 g/mol. The molecule has 0 aromatic heterocycles. The molecule has 2 aliphatic rings. The van der Waals surface area contributed by atoms with Crippen LogP contribution in [0, 0.1) is 5.92 Å². The number of amides is 3. The first-order valence-corrected chi connectivity index (χ1v) is 14.6. The van der Waals surface area contributed by atoms with Crippen LogP contribution in [0.2, 0.25) is 10.0 Å². The normalized spacial score (nSPS) is 17.4. The lowest BCUT2D eigenvalue weighted by Gasteiger charge is -2.35. The molecule has 2 aliphatic heterocycles. The number of piperidine rings is 1. The Morgan fingerprint density at radius 1 is 0.925 bits per heavy atom. The summed E-state index contributed by atoms with van der Waals surface area (Å²) in [6.45, 7) is 2.92. The van der Waals surface area contributed by atoms with Crippen LogP contribution >= 0.6 is 23.2 Å². The van der Waals surface area contributed by atoms with E-state index in [-0.39, 0.29) is 17.0 Å². The van der Waals surface area contributed by atoms with Gasteiger partial charge in [-0.25, -0.2) is 4.79 Å². The number of carbonyl (C=O) groups excluding carboxylic acids is 2. The first kappa shape index (κ1) is 28.3. The second kappa shape index (κ2) is 13.4. The molecule has 5 rings (SSSR count). The summed E-state index contributed by atoms with van der Waals surface area (Å²) in [5, 5.41) is 9.20. The predicted molar refractivity (Wildman–Crippen MR) is 162 cm³/mol. The Hall–Kier alpha value is -3.26. The predicted octanol–water partition coefficient (Wildman–Crippen LogP) is 7.01. The molecule has 0 spiro atoms. The molecular formula is C31H34Cl2N4O3. The van der Waals surface area contributed by atoms with E-state index < -0.39 is 6.03 Å². The standard InChI is InChI=1S/C31H34Cl2N4O3/c32-26-9-4-10-27(29(26)33)36-31(39)35-23-11-12-28(25(19-23)30(38)34-20-24-8-5-17-40-24)37-15-13-22(14-16-37)18-21-6-2-1-3-7-21/h1-4,6-7,9-12,19,22,24H,5,8,13-18,20H2,(H,34,38)(H2,35,36,39)/t24-/m1/s1. The number of ether oxygens (including phenoxy) is 1.